The molecule has 2 heteroatoms. The third-order valence-electron chi connectivity index (χ3n) is 2.68. The third kappa shape index (κ3) is 4.05. The Hall–Kier alpha value is -1.31. The van der Waals surface area contributed by atoms with Gasteiger partial charge in [-0.2, -0.15) is 0 Å². The molecule has 1 aromatic carbocycles. The standard InChI is InChI=1S/C12H16O2.C2H6/c1-8(2)9(3)10-4-6-11(7-5-10)12(13)14;1-2/h4-9H,1-3H3,(H,13,14);1-2H3. The summed E-state index contributed by atoms with van der Waals surface area (Å²) in [6.45, 7) is 10.5. The minimum absolute atomic E-state index is 0.352. The molecule has 0 spiro atoms. The molecule has 1 aromatic rings. The molecule has 0 fully saturated rings. The predicted molar refractivity (Wildman–Crippen MR) is 68.0 cm³/mol. The lowest BCUT2D eigenvalue weighted by atomic mass is 9.90. The van der Waals surface area contributed by atoms with Gasteiger partial charge in [-0.3, -0.25) is 0 Å². The average molecular weight is 222 g/mol. The molecule has 0 amide bonds. The minimum atomic E-state index is -0.867. The van der Waals surface area contributed by atoms with Gasteiger partial charge in [-0.1, -0.05) is 46.8 Å². The van der Waals surface area contributed by atoms with E-state index in [1.54, 1.807) is 12.1 Å². The molecule has 1 N–H and O–H groups in total. The molecular weight excluding hydrogens is 200 g/mol. The monoisotopic (exact) mass is 222 g/mol. The summed E-state index contributed by atoms with van der Waals surface area (Å²) < 4.78 is 0. The zero-order valence-electron chi connectivity index (χ0n) is 10.8. The summed E-state index contributed by atoms with van der Waals surface area (Å²) in [5.41, 5.74) is 1.55. The fraction of sp³-hybridized carbons (Fsp3) is 0.500. The van der Waals surface area contributed by atoms with Gasteiger partial charge in [0.25, 0.3) is 0 Å². The number of rotatable bonds is 3. The Balaban J connectivity index is 0.00000106. The Kier molecular flexibility index (Phi) is 6.47. The summed E-state index contributed by atoms with van der Waals surface area (Å²) in [7, 11) is 0. The maximum absolute atomic E-state index is 10.6. The van der Waals surface area contributed by atoms with Crippen molar-refractivity contribution in [2.24, 2.45) is 5.92 Å². The van der Waals surface area contributed by atoms with Gasteiger partial charge in [0.1, 0.15) is 0 Å². The predicted octanol–water partition coefficient (Wildman–Crippen LogP) is 4.17. The van der Waals surface area contributed by atoms with Gasteiger partial charge in [0.2, 0.25) is 0 Å². The molecule has 0 aliphatic rings. The minimum Gasteiger partial charge on any atom is -0.478 e. The van der Waals surface area contributed by atoms with Gasteiger partial charge in [-0.15, -0.1) is 0 Å². The Morgan fingerprint density at radius 2 is 1.50 bits per heavy atom. The van der Waals surface area contributed by atoms with E-state index in [1.807, 2.05) is 26.0 Å². The van der Waals surface area contributed by atoms with E-state index in [2.05, 4.69) is 20.8 Å². The maximum atomic E-state index is 10.6. The second kappa shape index (κ2) is 7.04. The van der Waals surface area contributed by atoms with E-state index < -0.39 is 5.97 Å². The zero-order valence-corrected chi connectivity index (χ0v) is 10.8. The van der Waals surface area contributed by atoms with Crippen LogP contribution in [0.1, 0.15) is 56.5 Å². The zero-order chi connectivity index (χ0) is 12.7. The van der Waals surface area contributed by atoms with Gasteiger partial charge in [0.15, 0.2) is 0 Å². The lowest BCUT2D eigenvalue weighted by Crippen LogP contribution is -2.03. The summed E-state index contributed by atoms with van der Waals surface area (Å²) in [4.78, 5) is 10.6. The Morgan fingerprint density at radius 1 is 1.06 bits per heavy atom. The van der Waals surface area contributed by atoms with Crippen molar-refractivity contribution < 1.29 is 9.90 Å². The first-order chi connectivity index (χ1) is 7.52. The summed E-state index contributed by atoms with van der Waals surface area (Å²) in [6, 6.07) is 7.12. The molecule has 90 valence electrons. The molecule has 1 atom stereocenters. The summed E-state index contributed by atoms with van der Waals surface area (Å²) in [5.74, 6) is 0.178. The van der Waals surface area contributed by atoms with Gasteiger partial charge in [-0.05, 0) is 29.5 Å². The summed E-state index contributed by atoms with van der Waals surface area (Å²) in [6.07, 6.45) is 0. The van der Waals surface area contributed by atoms with E-state index in [0.717, 1.165) is 0 Å². The molecule has 0 bridgehead atoms. The lowest BCUT2D eigenvalue weighted by Gasteiger charge is -2.15. The summed E-state index contributed by atoms with van der Waals surface area (Å²) in [5, 5.41) is 8.72. The van der Waals surface area contributed by atoms with Crippen molar-refractivity contribution in [1.82, 2.24) is 0 Å². The normalized spacial score (nSPS) is 11.6. The van der Waals surface area contributed by atoms with Gasteiger partial charge in [0.05, 0.1) is 5.56 Å². The number of hydrogen-bond acceptors (Lipinski definition) is 1. The Morgan fingerprint density at radius 3 is 1.81 bits per heavy atom. The van der Waals surface area contributed by atoms with Gasteiger partial charge >= 0.3 is 5.97 Å². The Labute approximate surface area is 98.3 Å². The van der Waals surface area contributed by atoms with Crippen molar-refractivity contribution in [1.29, 1.82) is 0 Å². The molecule has 0 saturated heterocycles. The number of carboxylic acids is 1. The second-order valence-corrected chi connectivity index (χ2v) is 3.96. The molecule has 0 saturated carbocycles. The first-order valence-corrected chi connectivity index (χ1v) is 5.85. The van der Waals surface area contributed by atoms with Crippen LogP contribution < -0.4 is 0 Å². The molecule has 0 radical (unpaired) electrons. The fourth-order valence-electron chi connectivity index (χ4n) is 1.31. The fourth-order valence-corrected chi connectivity index (χ4v) is 1.31. The van der Waals surface area contributed by atoms with Gasteiger partial charge in [0, 0.05) is 0 Å². The van der Waals surface area contributed by atoms with Crippen LogP contribution >= 0.6 is 0 Å². The van der Waals surface area contributed by atoms with Crippen LogP contribution in [0.3, 0.4) is 0 Å². The number of benzene rings is 1. The maximum Gasteiger partial charge on any atom is 0.335 e. The van der Waals surface area contributed by atoms with Crippen molar-refractivity contribution >= 4 is 5.97 Å². The number of aromatic carboxylic acids is 1. The van der Waals surface area contributed by atoms with E-state index in [0.29, 0.717) is 17.4 Å². The van der Waals surface area contributed by atoms with Crippen LogP contribution in [0.4, 0.5) is 0 Å². The highest BCUT2D eigenvalue weighted by molar-refractivity contribution is 5.87. The van der Waals surface area contributed by atoms with Crippen LogP contribution in [0, 0.1) is 5.92 Å². The Bertz CT molecular complexity index is 312. The van der Waals surface area contributed by atoms with Gasteiger partial charge < -0.3 is 5.11 Å². The molecule has 2 nitrogen and oxygen atoms in total. The van der Waals surface area contributed by atoms with Crippen molar-refractivity contribution in [2.45, 2.75) is 40.5 Å². The van der Waals surface area contributed by atoms with Crippen LogP contribution in [-0.4, -0.2) is 11.1 Å². The van der Waals surface area contributed by atoms with Crippen LogP contribution in [0.25, 0.3) is 0 Å². The molecule has 1 rings (SSSR count). The summed E-state index contributed by atoms with van der Waals surface area (Å²) >= 11 is 0. The van der Waals surface area contributed by atoms with Crippen LogP contribution in [0.2, 0.25) is 0 Å². The third-order valence-corrected chi connectivity index (χ3v) is 2.68. The molecule has 0 heterocycles. The van der Waals surface area contributed by atoms with Crippen molar-refractivity contribution in [3.05, 3.63) is 35.4 Å². The molecule has 0 aliphatic carbocycles. The van der Waals surface area contributed by atoms with Crippen molar-refractivity contribution in [3.63, 3.8) is 0 Å². The van der Waals surface area contributed by atoms with Gasteiger partial charge in [-0.25, -0.2) is 4.79 Å². The smallest absolute Gasteiger partial charge is 0.335 e. The molecule has 0 aliphatic heterocycles. The highest BCUT2D eigenvalue weighted by Gasteiger charge is 2.10. The number of carboxylic acid groups (broad SMARTS) is 1. The first-order valence-electron chi connectivity index (χ1n) is 5.85. The largest absolute Gasteiger partial charge is 0.478 e. The first kappa shape index (κ1) is 14.7. The van der Waals surface area contributed by atoms with E-state index in [-0.39, 0.29) is 0 Å². The SMILES string of the molecule is CC.CC(C)C(C)c1ccc(C(=O)O)cc1. The number of hydrogen-bond donors (Lipinski definition) is 1. The molecular formula is C14H22O2. The highest BCUT2D eigenvalue weighted by atomic mass is 16.4. The van der Waals surface area contributed by atoms with Crippen LogP contribution in [0.15, 0.2) is 24.3 Å². The van der Waals surface area contributed by atoms with Crippen LogP contribution in [-0.2, 0) is 0 Å². The topological polar surface area (TPSA) is 37.3 Å². The van der Waals surface area contributed by atoms with E-state index in [4.69, 9.17) is 5.11 Å². The van der Waals surface area contributed by atoms with E-state index in [9.17, 15) is 4.79 Å². The molecule has 1 unspecified atom stereocenters. The highest BCUT2D eigenvalue weighted by Crippen LogP contribution is 2.23. The quantitative estimate of drug-likeness (QED) is 0.833. The van der Waals surface area contributed by atoms with Crippen molar-refractivity contribution in [3.8, 4) is 0 Å². The van der Waals surface area contributed by atoms with E-state index >= 15 is 0 Å². The number of carbonyl (C=O) groups is 1. The lowest BCUT2D eigenvalue weighted by molar-refractivity contribution is 0.0697. The molecule has 16 heavy (non-hydrogen) atoms. The second-order valence-electron chi connectivity index (χ2n) is 3.96. The van der Waals surface area contributed by atoms with E-state index in [1.165, 1.54) is 5.56 Å². The average Bonchev–Trinajstić information content (AvgIpc) is 2.30. The van der Waals surface area contributed by atoms with Crippen LogP contribution in [0.5, 0.6) is 0 Å². The van der Waals surface area contributed by atoms with Crippen molar-refractivity contribution in [2.75, 3.05) is 0 Å². The molecule has 0 aromatic heterocycles.